The van der Waals surface area contributed by atoms with Gasteiger partial charge in [-0.2, -0.15) is 0 Å². The summed E-state index contributed by atoms with van der Waals surface area (Å²) in [6.07, 6.45) is 4.31. The first kappa shape index (κ1) is 22.5. The molecule has 1 atom stereocenters. The van der Waals surface area contributed by atoms with Crippen LogP contribution in [0, 0.1) is 11.6 Å². The standard InChI is InChI=1S/C22H24F2N4O3S/c1-22(31-4)6-7-28(11-22)20-19-12(10-25-21(27-19)32-5)8-13(26-20)16-17(23)14(29-2)9-15(30-3)18(16)24/h8-10H,6-7,11H2,1-5H3. The molecule has 3 heterocycles. The van der Waals surface area contributed by atoms with Gasteiger partial charge in [0.05, 0.1) is 31.1 Å². The lowest BCUT2D eigenvalue weighted by molar-refractivity contribution is 0.0256. The number of fused-ring (bicyclic) bond motifs is 1. The Kier molecular flexibility index (Phi) is 6.09. The van der Waals surface area contributed by atoms with Gasteiger partial charge in [0, 0.05) is 37.8 Å². The summed E-state index contributed by atoms with van der Waals surface area (Å²) in [5.41, 5.74) is 0.0389. The van der Waals surface area contributed by atoms with Crippen molar-refractivity contribution in [2.75, 3.05) is 45.6 Å². The van der Waals surface area contributed by atoms with Crippen LogP contribution in [0.5, 0.6) is 11.5 Å². The van der Waals surface area contributed by atoms with Crippen molar-refractivity contribution in [3.63, 3.8) is 0 Å². The van der Waals surface area contributed by atoms with Gasteiger partial charge in [0.25, 0.3) is 0 Å². The van der Waals surface area contributed by atoms with Crippen LogP contribution < -0.4 is 14.4 Å². The zero-order valence-corrected chi connectivity index (χ0v) is 19.3. The van der Waals surface area contributed by atoms with E-state index in [-0.39, 0.29) is 28.4 Å². The second-order valence-electron chi connectivity index (χ2n) is 7.74. The molecule has 1 aromatic carbocycles. The first-order valence-corrected chi connectivity index (χ1v) is 11.2. The second-order valence-corrected chi connectivity index (χ2v) is 8.51. The highest BCUT2D eigenvalue weighted by Gasteiger charge is 2.36. The van der Waals surface area contributed by atoms with Crippen LogP contribution in [0.4, 0.5) is 14.6 Å². The van der Waals surface area contributed by atoms with Crippen molar-refractivity contribution in [3.8, 4) is 22.8 Å². The summed E-state index contributed by atoms with van der Waals surface area (Å²) in [4.78, 5) is 15.7. The molecule has 170 valence electrons. The number of hydrogen-bond donors (Lipinski definition) is 0. The quantitative estimate of drug-likeness (QED) is 0.396. The summed E-state index contributed by atoms with van der Waals surface area (Å²) in [5, 5.41) is 1.21. The lowest BCUT2D eigenvalue weighted by atomic mass is 10.1. The summed E-state index contributed by atoms with van der Waals surface area (Å²) in [5.74, 6) is -1.45. The maximum atomic E-state index is 15.2. The molecule has 0 N–H and O–H groups in total. The highest BCUT2D eigenvalue weighted by Crippen LogP contribution is 2.40. The van der Waals surface area contributed by atoms with Gasteiger partial charge >= 0.3 is 0 Å². The number of ether oxygens (including phenoxy) is 3. The van der Waals surface area contributed by atoms with Crippen molar-refractivity contribution in [1.82, 2.24) is 15.0 Å². The van der Waals surface area contributed by atoms with Gasteiger partial charge in [0.1, 0.15) is 5.52 Å². The van der Waals surface area contributed by atoms with Crippen LogP contribution in [0.25, 0.3) is 22.2 Å². The molecule has 1 aliphatic rings. The fourth-order valence-electron chi connectivity index (χ4n) is 3.84. The second kappa shape index (κ2) is 8.67. The maximum absolute atomic E-state index is 15.2. The minimum atomic E-state index is -0.853. The van der Waals surface area contributed by atoms with E-state index in [2.05, 4.69) is 15.0 Å². The fraction of sp³-hybridized carbons (Fsp3) is 0.409. The Labute approximate surface area is 189 Å². The minimum absolute atomic E-state index is 0.103. The Hall–Kier alpha value is -2.72. The first-order valence-electron chi connectivity index (χ1n) is 9.96. The first-order chi connectivity index (χ1) is 15.3. The average Bonchev–Trinajstić information content (AvgIpc) is 3.21. The van der Waals surface area contributed by atoms with Crippen LogP contribution in [0.1, 0.15) is 13.3 Å². The molecule has 0 radical (unpaired) electrons. The van der Waals surface area contributed by atoms with E-state index >= 15 is 8.78 Å². The maximum Gasteiger partial charge on any atom is 0.187 e. The molecule has 10 heteroatoms. The van der Waals surface area contributed by atoms with Gasteiger partial charge in [-0.3, -0.25) is 0 Å². The summed E-state index contributed by atoms with van der Waals surface area (Å²) < 4.78 is 46.3. The Balaban J connectivity index is 1.97. The number of rotatable bonds is 6. The summed E-state index contributed by atoms with van der Waals surface area (Å²) >= 11 is 1.41. The van der Waals surface area contributed by atoms with Crippen molar-refractivity contribution >= 4 is 28.5 Å². The van der Waals surface area contributed by atoms with E-state index in [9.17, 15) is 0 Å². The third-order valence-corrected chi connectivity index (χ3v) is 6.33. The molecule has 1 saturated heterocycles. The van der Waals surface area contributed by atoms with E-state index in [1.54, 1.807) is 19.4 Å². The van der Waals surface area contributed by atoms with Crippen molar-refractivity contribution in [2.24, 2.45) is 0 Å². The van der Waals surface area contributed by atoms with Crippen LogP contribution in [-0.2, 0) is 4.74 Å². The van der Waals surface area contributed by atoms with E-state index in [4.69, 9.17) is 14.2 Å². The number of benzene rings is 1. The van der Waals surface area contributed by atoms with E-state index in [1.165, 1.54) is 32.0 Å². The van der Waals surface area contributed by atoms with Gasteiger partial charge in [-0.15, -0.1) is 0 Å². The Bertz CT molecular complexity index is 1150. The smallest absolute Gasteiger partial charge is 0.187 e. The predicted molar refractivity (Wildman–Crippen MR) is 120 cm³/mol. The normalized spacial score (nSPS) is 18.4. The van der Waals surface area contributed by atoms with Crippen molar-refractivity contribution in [2.45, 2.75) is 24.1 Å². The number of nitrogens with zero attached hydrogens (tertiary/aromatic N) is 4. The largest absolute Gasteiger partial charge is 0.494 e. The monoisotopic (exact) mass is 462 g/mol. The molecule has 0 saturated carbocycles. The van der Waals surface area contributed by atoms with Crippen LogP contribution in [0.15, 0.2) is 23.5 Å². The molecule has 0 aliphatic carbocycles. The molecule has 1 fully saturated rings. The lowest BCUT2D eigenvalue weighted by Gasteiger charge is -2.24. The van der Waals surface area contributed by atoms with E-state index in [0.29, 0.717) is 35.0 Å². The zero-order chi connectivity index (χ0) is 23.0. The van der Waals surface area contributed by atoms with Crippen molar-refractivity contribution in [3.05, 3.63) is 30.0 Å². The number of hydrogen-bond acceptors (Lipinski definition) is 8. The van der Waals surface area contributed by atoms with Crippen molar-refractivity contribution < 1.29 is 23.0 Å². The number of methoxy groups -OCH3 is 3. The molecule has 0 amide bonds. The SMILES string of the molecule is COc1cc(OC)c(F)c(-c2cc3cnc(SC)nc3c(N3CCC(C)(OC)C3)n2)c1F. The van der Waals surface area contributed by atoms with Crippen LogP contribution in [0.3, 0.4) is 0 Å². The van der Waals surface area contributed by atoms with Crippen LogP contribution in [0.2, 0.25) is 0 Å². The third kappa shape index (κ3) is 3.81. The Morgan fingerprint density at radius 1 is 1.06 bits per heavy atom. The summed E-state index contributed by atoms with van der Waals surface area (Å²) in [6, 6.07) is 2.75. The van der Waals surface area contributed by atoms with E-state index in [0.717, 1.165) is 6.42 Å². The summed E-state index contributed by atoms with van der Waals surface area (Å²) in [6.45, 7) is 3.26. The molecule has 4 rings (SSSR count). The Morgan fingerprint density at radius 3 is 2.31 bits per heavy atom. The van der Waals surface area contributed by atoms with Crippen LogP contribution in [-0.4, -0.2) is 61.2 Å². The zero-order valence-electron chi connectivity index (χ0n) is 18.5. The Morgan fingerprint density at radius 2 is 1.75 bits per heavy atom. The molecule has 32 heavy (non-hydrogen) atoms. The molecule has 0 bridgehead atoms. The number of pyridine rings is 1. The van der Waals surface area contributed by atoms with Gasteiger partial charge in [-0.1, -0.05) is 11.8 Å². The third-order valence-electron chi connectivity index (χ3n) is 5.77. The van der Waals surface area contributed by atoms with Gasteiger partial charge in [0.15, 0.2) is 34.1 Å². The van der Waals surface area contributed by atoms with E-state index < -0.39 is 11.6 Å². The van der Waals surface area contributed by atoms with Gasteiger partial charge in [-0.25, -0.2) is 23.7 Å². The topological polar surface area (TPSA) is 69.6 Å². The highest BCUT2D eigenvalue weighted by atomic mass is 32.2. The molecule has 7 nitrogen and oxygen atoms in total. The molecule has 1 aliphatic heterocycles. The highest BCUT2D eigenvalue weighted by molar-refractivity contribution is 7.98. The van der Waals surface area contributed by atoms with Gasteiger partial charge in [0.2, 0.25) is 0 Å². The molecule has 3 aromatic rings. The average molecular weight is 463 g/mol. The van der Waals surface area contributed by atoms with Crippen LogP contribution >= 0.6 is 11.8 Å². The van der Waals surface area contributed by atoms with Gasteiger partial charge < -0.3 is 19.1 Å². The van der Waals surface area contributed by atoms with E-state index in [1.807, 2.05) is 18.1 Å². The molecule has 2 aromatic heterocycles. The number of anilines is 1. The number of thioether (sulfide) groups is 1. The summed E-state index contributed by atoms with van der Waals surface area (Å²) in [7, 11) is 4.30. The number of aromatic nitrogens is 3. The lowest BCUT2D eigenvalue weighted by Crippen LogP contribution is -2.32. The molecule has 0 spiro atoms. The minimum Gasteiger partial charge on any atom is -0.494 e. The molecule has 1 unspecified atom stereocenters. The molecular formula is C22H24F2N4O3S. The molecular weight excluding hydrogens is 438 g/mol. The number of halogens is 2. The fourth-order valence-corrected chi connectivity index (χ4v) is 4.19. The van der Waals surface area contributed by atoms with Gasteiger partial charge in [-0.05, 0) is 25.7 Å². The predicted octanol–water partition coefficient (Wildman–Crippen LogP) is 4.32. The van der Waals surface area contributed by atoms with Crippen molar-refractivity contribution in [1.29, 1.82) is 0 Å².